The van der Waals surface area contributed by atoms with Crippen LogP contribution in [-0.4, -0.2) is 50.2 Å². The van der Waals surface area contributed by atoms with Crippen LogP contribution in [0.4, 0.5) is 0 Å². The number of amides is 1. The first kappa shape index (κ1) is 20.8. The van der Waals surface area contributed by atoms with Crippen molar-refractivity contribution in [2.75, 3.05) is 26.4 Å². The van der Waals surface area contributed by atoms with Crippen LogP contribution in [0.1, 0.15) is 34.1 Å². The van der Waals surface area contributed by atoms with Gasteiger partial charge in [0.15, 0.2) is 6.10 Å². The van der Waals surface area contributed by atoms with Crippen LogP contribution >= 0.6 is 7.60 Å². The molecule has 1 N–H and O–H groups in total. The molecule has 0 saturated carbocycles. The maximum Gasteiger partial charge on any atom is 0.332 e. The highest BCUT2D eigenvalue weighted by Crippen LogP contribution is 2.57. The number of hydrogen-bond donors (Lipinski definition) is 1. The zero-order chi connectivity index (χ0) is 18.5. The Morgan fingerprint density at radius 2 is 2.00 bits per heavy atom. The van der Waals surface area contributed by atoms with Gasteiger partial charge in [-0.1, -0.05) is 20.8 Å². The lowest BCUT2D eigenvalue weighted by Gasteiger charge is -2.40. The molecule has 138 valence electrons. The molecule has 1 amide bonds. The Morgan fingerprint density at radius 3 is 2.54 bits per heavy atom. The Bertz CT molecular complexity index is 546. The fourth-order valence-electron chi connectivity index (χ4n) is 2.12. The molecule has 1 heterocycles. The van der Waals surface area contributed by atoms with Gasteiger partial charge in [-0.25, -0.2) is 0 Å². The van der Waals surface area contributed by atoms with Gasteiger partial charge in [0.2, 0.25) is 5.91 Å². The van der Waals surface area contributed by atoms with Gasteiger partial charge in [-0.15, -0.1) is 0 Å². The second-order valence-corrected chi connectivity index (χ2v) is 8.73. The summed E-state index contributed by atoms with van der Waals surface area (Å²) in [6, 6.07) is 0. The lowest BCUT2D eigenvalue weighted by atomic mass is 9.87. The van der Waals surface area contributed by atoms with E-state index in [1.54, 1.807) is 20.8 Å². The van der Waals surface area contributed by atoms with Gasteiger partial charge in [0, 0.05) is 17.9 Å². The van der Waals surface area contributed by atoms with Crippen molar-refractivity contribution in [3.63, 3.8) is 0 Å². The Morgan fingerprint density at radius 1 is 1.38 bits per heavy atom. The molecular weight excluding hydrogens is 337 g/mol. The van der Waals surface area contributed by atoms with Gasteiger partial charge in [0.05, 0.1) is 26.3 Å². The van der Waals surface area contributed by atoms with Crippen molar-refractivity contribution < 1.29 is 32.7 Å². The first-order valence-electron chi connectivity index (χ1n) is 7.78. The minimum absolute atomic E-state index is 0.0327. The summed E-state index contributed by atoms with van der Waals surface area (Å²) in [5.74, 6) is -1.52. The lowest BCUT2D eigenvalue weighted by molar-refractivity contribution is -0.141. The lowest BCUT2D eigenvalue weighted by Crippen LogP contribution is -2.50. The van der Waals surface area contributed by atoms with Crippen molar-refractivity contribution in [3.05, 3.63) is 0 Å². The summed E-state index contributed by atoms with van der Waals surface area (Å²) in [5, 5.41) is 2.58. The molecule has 1 aliphatic heterocycles. The van der Waals surface area contributed by atoms with E-state index in [1.165, 1.54) is 14.0 Å². The first-order valence-corrected chi connectivity index (χ1v) is 9.50. The molecule has 0 bridgehead atoms. The van der Waals surface area contributed by atoms with Crippen molar-refractivity contribution in [2.24, 2.45) is 11.3 Å². The van der Waals surface area contributed by atoms with Crippen LogP contribution in [0.3, 0.4) is 0 Å². The van der Waals surface area contributed by atoms with Crippen LogP contribution in [-0.2, 0) is 32.7 Å². The number of carbonyl (C=O) groups excluding carboxylic acids is 3. The largest absolute Gasteiger partial charge is 0.469 e. The number of ether oxygens (including phenoxy) is 1. The summed E-state index contributed by atoms with van der Waals surface area (Å²) in [4.78, 5) is 34.8. The Balaban J connectivity index is 2.75. The minimum Gasteiger partial charge on any atom is -0.469 e. The third kappa shape index (κ3) is 5.69. The molecule has 3 atom stereocenters. The zero-order valence-electron chi connectivity index (χ0n) is 14.8. The predicted octanol–water partition coefficient (Wildman–Crippen LogP) is 1.53. The van der Waals surface area contributed by atoms with Gasteiger partial charge >= 0.3 is 13.6 Å². The molecule has 1 unspecified atom stereocenters. The maximum absolute atomic E-state index is 12.7. The van der Waals surface area contributed by atoms with Crippen LogP contribution in [0.25, 0.3) is 0 Å². The van der Waals surface area contributed by atoms with E-state index in [0.29, 0.717) is 0 Å². The molecule has 0 spiro atoms. The molecule has 1 rings (SSSR count). The van der Waals surface area contributed by atoms with E-state index in [9.17, 15) is 18.9 Å². The van der Waals surface area contributed by atoms with E-state index >= 15 is 0 Å². The van der Waals surface area contributed by atoms with E-state index < -0.39 is 36.9 Å². The summed E-state index contributed by atoms with van der Waals surface area (Å²) in [6.07, 6.45) is -1.02. The smallest absolute Gasteiger partial charge is 0.332 e. The number of nitrogens with one attached hydrogen (secondary N) is 1. The number of rotatable bonds is 7. The molecule has 1 aliphatic rings. The van der Waals surface area contributed by atoms with Gasteiger partial charge < -0.3 is 14.6 Å². The fourth-order valence-corrected chi connectivity index (χ4v) is 4.53. The molecule has 0 aromatic rings. The molecule has 9 heteroatoms. The van der Waals surface area contributed by atoms with Crippen molar-refractivity contribution in [2.45, 2.75) is 40.2 Å². The number of Topliss-reactive ketones (excluding diaryl/α,β-unsaturated/α-hetero) is 1. The molecule has 1 saturated heterocycles. The van der Waals surface area contributed by atoms with Crippen molar-refractivity contribution in [3.8, 4) is 0 Å². The predicted molar refractivity (Wildman–Crippen MR) is 86.6 cm³/mol. The Hall–Kier alpha value is -1.24. The van der Waals surface area contributed by atoms with Gasteiger partial charge in [0.1, 0.15) is 5.78 Å². The van der Waals surface area contributed by atoms with Crippen molar-refractivity contribution in [1.29, 1.82) is 0 Å². The Kier molecular flexibility index (Phi) is 7.13. The number of esters is 1. The van der Waals surface area contributed by atoms with Gasteiger partial charge in [-0.3, -0.25) is 23.5 Å². The number of methoxy groups -OCH3 is 1. The number of carbonyl (C=O) groups is 3. The number of ketones is 1. The highest BCUT2D eigenvalue weighted by atomic mass is 31.2. The third-order valence-electron chi connectivity index (χ3n) is 3.89. The average Bonchev–Trinajstić information content (AvgIpc) is 2.49. The molecule has 0 aliphatic carbocycles. The van der Waals surface area contributed by atoms with E-state index in [0.717, 1.165) is 0 Å². The average molecular weight is 363 g/mol. The molecule has 0 radical (unpaired) electrons. The van der Waals surface area contributed by atoms with Gasteiger partial charge in [-0.2, -0.15) is 0 Å². The molecule has 8 nitrogen and oxygen atoms in total. The third-order valence-corrected chi connectivity index (χ3v) is 5.94. The summed E-state index contributed by atoms with van der Waals surface area (Å²) >= 11 is 0. The topological polar surface area (TPSA) is 108 Å². The summed E-state index contributed by atoms with van der Waals surface area (Å²) in [6.45, 7) is 6.73. The number of hydrogen-bond acceptors (Lipinski definition) is 7. The van der Waals surface area contributed by atoms with E-state index in [4.69, 9.17) is 9.05 Å². The molecule has 1 fully saturated rings. The maximum atomic E-state index is 12.7. The van der Waals surface area contributed by atoms with E-state index in [2.05, 4.69) is 10.1 Å². The molecule has 24 heavy (non-hydrogen) atoms. The van der Waals surface area contributed by atoms with Crippen LogP contribution in [0, 0.1) is 11.3 Å². The second kappa shape index (κ2) is 8.23. The van der Waals surface area contributed by atoms with Gasteiger partial charge in [0.25, 0.3) is 0 Å². The summed E-state index contributed by atoms with van der Waals surface area (Å²) < 4.78 is 28.1. The second-order valence-electron chi connectivity index (χ2n) is 6.67. The highest BCUT2D eigenvalue weighted by Gasteiger charge is 2.48. The van der Waals surface area contributed by atoms with E-state index in [-0.39, 0.29) is 31.5 Å². The molecule has 0 aromatic heterocycles. The van der Waals surface area contributed by atoms with E-state index in [1.807, 2.05) is 0 Å². The molecular formula is C15H26NO7P. The monoisotopic (exact) mass is 363 g/mol. The molecule has 0 aromatic carbocycles. The highest BCUT2D eigenvalue weighted by molar-refractivity contribution is 7.54. The van der Waals surface area contributed by atoms with Crippen LogP contribution in [0.15, 0.2) is 0 Å². The minimum atomic E-state index is -3.54. The van der Waals surface area contributed by atoms with Crippen LogP contribution < -0.4 is 5.32 Å². The summed E-state index contributed by atoms with van der Waals surface area (Å²) in [7, 11) is -2.28. The quantitative estimate of drug-likeness (QED) is 0.540. The van der Waals surface area contributed by atoms with Crippen molar-refractivity contribution in [1.82, 2.24) is 5.32 Å². The van der Waals surface area contributed by atoms with Crippen LogP contribution in [0.2, 0.25) is 0 Å². The van der Waals surface area contributed by atoms with Crippen LogP contribution in [0.5, 0.6) is 0 Å². The zero-order valence-corrected chi connectivity index (χ0v) is 15.7. The SMILES string of the molecule is COC(=O)CCNC(=O)[C@@H]1OP(=O)(C[C@@H](C)C(C)=O)OCC1(C)C. The summed E-state index contributed by atoms with van der Waals surface area (Å²) in [5.41, 5.74) is -0.692. The fraction of sp³-hybridized carbons (Fsp3) is 0.800. The van der Waals surface area contributed by atoms with Gasteiger partial charge in [-0.05, 0) is 6.92 Å². The normalized spacial score (nSPS) is 27.1. The Labute approximate surface area is 142 Å². The standard InChI is InChI=1S/C15H26NO7P/c1-10(11(2)17)8-24(20)22-9-15(3,4)13(23-24)14(19)16-7-6-12(18)21-5/h10,13H,6-9H2,1-5H3,(H,16,19)/t10-,13+,24?/m1/s1. The van der Waals surface area contributed by atoms with Crippen molar-refractivity contribution >= 4 is 25.3 Å². The first-order chi connectivity index (χ1) is 11.0.